The molecule has 0 aliphatic carbocycles. The van der Waals surface area contributed by atoms with Gasteiger partial charge in [0.15, 0.2) is 6.61 Å². The molecule has 5 nitrogen and oxygen atoms in total. The van der Waals surface area contributed by atoms with Crippen LogP contribution in [0.5, 0.6) is 5.75 Å². The zero-order valence-electron chi connectivity index (χ0n) is 11.4. The third-order valence-electron chi connectivity index (χ3n) is 2.62. The predicted octanol–water partition coefficient (Wildman–Crippen LogP) is 1.33. The van der Waals surface area contributed by atoms with Gasteiger partial charge in [0.1, 0.15) is 12.3 Å². The number of rotatable bonds is 2. The summed E-state index contributed by atoms with van der Waals surface area (Å²) in [6.45, 7) is 5.69. The van der Waals surface area contributed by atoms with E-state index in [-0.39, 0.29) is 30.5 Å². The average Bonchev–Trinajstić information content (AvgIpc) is 2.31. The van der Waals surface area contributed by atoms with Crippen LogP contribution in [0.25, 0.3) is 0 Å². The van der Waals surface area contributed by atoms with E-state index in [0.717, 1.165) is 0 Å². The number of ether oxygens (including phenoxy) is 1. The fraction of sp³-hybridized carbons (Fsp3) is 0.429. The molecule has 2 amide bonds. The van der Waals surface area contributed by atoms with Crippen LogP contribution in [0.4, 0.5) is 5.69 Å². The third-order valence-corrected chi connectivity index (χ3v) is 2.62. The summed E-state index contributed by atoms with van der Waals surface area (Å²) in [4.78, 5) is 25.3. The molecule has 1 heterocycles. The number of fused-ring (bicyclic) bond motifs is 1. The number of nitrogens with zero attached hydrogens (tertiary/aromatic N) is 1. The Bertz CT molecular complexity index is 506. The topological polar surface area (TPSA) is 58.6 Å². The number of nitrogens with one attached hydrogen (secondary N) is 1. The number of anilines is 1. The molecule has 1 N–H and O–H groups in total. The summed E-state index contributed by atoms with van der Waals surface area (Å²) in [5, 5.41) is 2.84. The monoisotopic (exact) mass is 262 g/mol. The van der Waals surface area contributed by atoms with Crippen molar-refractivity contribution in [3.05, 3.63) is 24.3 Å². The molecule has 5 heteroatoms. The zero-order chi connectivity index (χ0) is 14.0. The summed E-state index contributed by atoms with van der Waals surface area (Å²) >= 11 is 0. The van der Waals surface area contributed by atoms with Gasteiger partial charge < -0.3 is 10.1 Å². The standard InChI is InChI=1S/C14H18N2O3/c1-14(2,3)15-12(17)8-16-10-6-4-5-7-11(10)19-9-13(16)18/h4-7H,8-9H2,1-3H3,(H,15,17). The molecular formula is C14H18N2O3. The van der Waals surface area contributed by atoms with Gasteiger partial charge in [-0.2, -0.15) is 0 Å². The van der Waals surface area contributed by atoms with E-state index in [1.54, 1.807) is 12.1 Å². The van der Waals surface area contributed by atoms with Crippen molar-refractivity contribution >= 4 is 17.5 Å². The van der Waals surface area contributed by atoms with Gasteiger partial charge in [0.2, 0.25) is 5.91 Å². The molecule has 1 aromatic carbocycles. The molecule has 19 heavy (non-hydrogen) atoms. The fourth-order valence-corrected chi connectivity index (χ4v) is 1.93. The van der Waals surface area contributed by atoms with Crippen LogP contribution in [-0.2, 0) is 9.59 Å². The molecular weight excluding hydrogens is 244 g/mol. The first kappa shape index (κ1) is 13.4. The highest BCUT2D eigenvalue weighted by atomic mass is 16.5. The van der Waals surface area contributed by atoms with Crippen molar-refractivity contribution in [2.75, 3.05) is 18.1 Å². The highest BCUT2D eigenvalue weighted by molar-refractivity contribution is 6.02. The second-order valence-corrected chi connectivity index (χ2v) is 5.53. The molecule has 2 rings (SSSR count). The summed E-state index contributed by atoms with van der Waals surface area (Å²) in [5.41, 5.74) is 0.328. The van der Waals surface area contributed by atoms with Gasteiger partial charge in [0.05, 0.1) is 5.69 Å². The average molecular weight is 262 g/mol. The first-order valence-electron chi connectivity index (χ1n) is 6.20. The molecule has 1 aliphatic rings. The first-order valence-corrected chi connectivity index (χ1v) is 6.20. The quantitative estimate of drug-likeness (QED) is 0.874. The molecule has 0 atom stereocenters. The second-order valence-electron chi connectivity index (χ2n) is 5.53. The maximum absolute atomic E-state index is 11.9. The van der Waals surface area contributed by atoms with Crippen molar-refractivity contribution in [3.8, 4) is 5.75 Å². The summed E-state index contributed by atoms with van der Waals surface area (Å²) in [5.74, 6) is 0.242. The molecule has 102 valence electrons. The number of carbonyl (C=O) groups is 2. The van der Waals surface area contributed by atoms with Gasteiger partial charge >= 0.3 is 0 Å². The summed E-state index contributed by atoms with van der Waals surface area (Å²) < 4.78 is 5.33. The van der Waals surface area contributed by atoms with Crippen LogP contribution < -0.4 is 15.0 Å². The Morgan fingerprint density at radius 3 is 2.74 bits per heavy atom. The van der Waals surface area contributed by atoms with Crippen molar-refractivity contribution in [3.63, 3.8) is 0 Å². The van der Waals surface area contributed by atoms with Crippen LogP contribution in [0.15, 0.2) is 24.3 Å². The number of carbonyl (C=O) groups excluding carboxylic acids is 2. The molecule has 1 aromatic rings. The minimum atomic E-state index is -0.314. The molecule has 0 radical (unpaired) electrons. The van der Waals surface area contributed by atoms with E-state index in [4.69, 9.17) is 4.74 Å². The van der Waals surface area contributed by atoms with Gasteiger partial charge in [-0.3, -0.25) is 14.5 Å². The Balaban J connectivity index is 2.16. The van der Waals surface area contributed by atoms with Gasteiger partial charge in [-0.1, -0.05) is 12.1 Å². The Hall–Kier alpha value is -2.04. The van der Waals surface area contributed by atoms with Crippen LogP contribution >= 0.6 is 0 Å². The minimum absolute atomic E-state index is 0.0104. The number of benzene rings is 1. The number of amides is 2. The van der Waals surface area contributed by atoms with Gasteiger partial charge in [0, 0.05) is 5.54 Å². The highest BCUT2D eigenvalue weighted by Crippen LogP contribution is 2.31. The molecule has 0 aromatic heterocycles. The lowest BCUT2D eigenvalue weighted by Crippen LogP contribution is -2.49. The van der Waals surface area contributed by atoms with E-state index in [9.17, 15) is 9.59 Å². The first-order chi connectivity index (χ1) is 8.87. The minimum Gasteiger partial charge on any atom is -0.482 e. The molecule has 0 fully saturated rings. The Kier molecular flexibility index (Phi) is 3.46. The number of hydrogen-bond donors (Lipinski definition) is 1. The van der Waals surface area contributed by atoms with Crippen molar-refractivity contribution in [2.24, 2.45) is 0 Å². The van der Waals surface area contributed by atoms with Crippen molar-refractivity contribution in [2.45, 2.75) is 26.3 Å². The maximum atomic E-state index is 11.9. The third kappa shape index (κ3) is 3.24. The van der Waals surface area contributed by atoms with Crippen LogP contribution in [0.1, 0.15) is 20.8 Å². The zero-order valence-corrected chi connectivity index (χ0v) is 11.4. The number of para-hydroxylation sites is 2. The van der Waals surface area contributed by atoms with E-state index >= 15 is 0 Å². The van der Waals surface area contributed by atoms with E-state index < -0.39 is 0 Å². The van der Waals surface area contributed by atoms with Crippen LogP contribution in [0, 0.1) is 0 Å². The Morgan fingerprint density at radius 2 is 2.05 bits per heavy atom. The number of hydrogen-bond acceptors (Lipinski definition) is 3. The second kappa shape index (κ2) is 4.91. The summed E-state index contributed by atoms with van der Waals surface area (Å²) in [6, 6.07) is 7.21. The van der Waals surface area contributed by atoms with E-state index in [1.165, 1.54) is 4.90 Å². The SMILES string of the molecule is CC(C)(C)NC(=O)CN1C(=O)COc2ccccc21. The lowest BCUT2D eigenvalue weighted by molar-refractivity contribution is -0.126. The van der Waals surface area contributed by atoms with Gasteiger partial charge in [0.25, 0.3) is 5.91 Å². The smallest absolute Gasteiger partial charge is 0.265 e. The van der Waals surface area contributed by atoms with Crippen molar-refractivity contribution in [1.29, 1.82) is 0 Å². The molecule has 0 bridgehead atoms. The van der Waals surface area contributed by atoms with Gasteiger partial charge in [-0.05, 0) is 32.9 Å². The van der Waals surface area contributed by atoms with Crippen LogP contribution in [0.2, 0.25) is 0 Å². The Labute approximate surface area is 112 Å². The highest BCUT2D eigenvalue weighted by Gasteiger charge is 2.27. The lowest BCUT2D eigenvalue weighted by Gasteiger charge is -2.30. The molecule has 0 unspecified atom stereocenters. The molecule has 0 spiro atoms. The largest absolute Gasteiger partial charge is 0.482 e. The summed E-state index contributed by atoms with van der Waals surface area (Å²) in [7, 11) is 0. The van der Waals surface area contributed by atoms with Crippen molar-refractivity contribution < 1.29 is 14.3 Å². The molecule has 0 saturated carbocycles. The predicted molar refractivity (Wildman–Crippen MR) is 72.2 cm³/mol. The molecule has 1 aliphatic heterocycles. The van der Waals surface area contributed by atoms with E-state index in [1.807, 2.05) is 32.9 Å². The Morgan fingerprint density at radius 1 is 1.37 bits per heavy atom. The van der Waals surface area contributed by atoms with Crippen LogP contribution in [0.3, 0.4) is 0 Å². The van der Waals surface area contributed by atoms with Gasteiger partial charge in [-0.15, -0.1) is 0 Å². The lowest BCUT2D eigenvalue weighted by atomic mass is 10.1. The van der Waals surface area contributed by atoms with Crippen LogP contribution in [-0.4, -0.2) is 30.5 Å². The van der Waals surface area contributed by atoms with E-state index in [0.29, 0.717) is 11.4 Å². The fourth-order valence-electron chi connectivity index (χ4n) is 1.93. The van der Waals surface area contributed by atoms with Gasteiger partial charge in [-0.25, -0.2) is 0 Å². The normalized spacial score (nSPS) is 14.7. The molecule has 0 saturated heterocycles. The summed E-state index contributed by atoms with van der Waals surface area (Å²) in [6.07, 6.45) is 0. The maximum Gasteiger partial charge on any atom is 0.265 e. The van der Waals surface area contributed by atoms with Crippen molar-refractivity contribution in [1.82, 2.24) is 5.32 Å². The van der Waals surface area contributed by atoms with E-state index in [2.05, 4.69) is 5.32 Å².